The van der Waals surface area contributed by atoms with Crippen molar-refractivity contribution in [3.05, 3.63) is 101 Å². The van der Waals surface area contributed by atoms with Gasteiger partial charge in [-0.1, -0.05) is 55.5 Å². The average molecular weight is 441 g/mol. The van der Waals surface area contributed by atoms with Crippen molar-refractivity contribution in [2.45, 2.75) is 33.2 Å². The number of hydrogen-bond acceptors (Lipinski definition) is 3. The lowest BCUT2D eigenvalue weighted by Crippen LogP contribution is -2.40. The number of benzene rings is 3. The van der Waals surface area contributed by atoms with E-state index in [1.807, 2.05) is 93.6 Å². The van der Waals surface area contributed by atoms with E-state index in [0.29, 0.717) is 23.3 Å². The van der Waals surface area contributed by atoms with Crippen molar-refractivity contribution in [2.75, 3.05) is 11.9 Å². The molecule has 0 fully saturated rings. The predicted molar refractivity (Wildman–Crippen MR) is 133 cm³/mol. The van der Waals surface area contributed by atoms with Gasteiger partial charge in [-0.2, -0.15) is 0 Å². The highest BCUT2D eigenvalue weighted by atomic mass is 16.2. The normalized spacial score (nSPS) is 11.8. The van der Waals surface area contributed by atoms with Crippen LogP contribution in [0.4, 0.5) is 10.5 Å². The maximum absolute atomic E-state index is 13.5. The molecule has 1 unspecified atom stereocenters. The number of rotatable bonds is 6. The van der Waals surface area contributed by atoms with Gasteiger partial charge in [0.2, 0.25) is 0 Å². The molecule has 0 bridgehead atoms. The first-order valence-corrected chi connectivity index (χ1v) is 11.2. The summed E-state index contributed by atoms with van der Waals surface area (Å²) in [6.45, 7) is 6.43. The molecule has 0 aliphatic heterocycles. The Morgan fingerprint density at radius 3 is 2.39 bits per heavy atom. The highest BCUT2D eigenvalue weighted by Gasteiger charge is 2.26. The number of nitrogens with zero attached hydrogens (tertiary/aromatic N) is 3. The minimum Gasteiger partial charge on any atom is -0.315 e. The summed E-state index contributed by atoms with van der Waals surface area (Å²) in [6, 6.07) is 23.8. The third kappa shape index (κ3) is 4.51. The molecular weight excluding hydrogens is 412 g/mol. The smallest absolute Gasteiger partial charge is 0.315 e. The first kappa shape index (κ1) is 22.3. The van der Waals surface area contributed by atoms with Crippen molar-refractivity contribution < 1.29 is 4.79 Å². The lowest BCUT2D eigenvalue weighted by Gasteiger charge is -2.30. The first-order valence-electron chi connectivity index (χ1n) is 11.2. The molecule has 1 heterocycles. The fourth-order valence-electron chi connectivity index (χ4n) is 4.01. The molecule has 6 heteroatoms. The van der Waals surface area contributed by atoms with Crippen molar-refractivity contribution in [2.24, 2.45) is 0 Å². The second-order valence-corrected chi connectivity index (χ2v) is 8.08. The Balaban J connectivity index is 1.82. The van der Waals surface area contributed by atoms with Crippen LogP contribution in [0.2, 0.25) is 0 Å². The van der Waals surface area contributed by atoms with Crippen LogP contribution in [0.1, 0.15) is 37.7 Å². The van der Waals surface area contributed by atoms with Crippen molar-refractivity contribution >= 4 is 22.6 Å². The Morgan fingerprint density at radius 1 is 1.00 bits per heavy atom. The molecule has 1 aromatic heterocycles. The second-order valence-electron chi connectivity index (χ2n) is 8.08. The van der Waals surface area contributed by atoms with Gasteiger partial charge < -0.3 is 10.2 Å². The topological polar surface area (TPSA) is 67.2 Å². The minimum absolute atomic E-state index is 0.149. The molecule has 0 spiro atoms. The third-order valence-corrected chi connectivity index (χ3v) is 5.77. The number of aryl methyl sites for hydroxylation is 1. The van der Waals surface area contributed by atoms with E-state index < -0.39 is 6.04 Å². The monoisotopic (exact) mass is 440 g/mol. The first-order chi connectivity index (χ1) is 16.0. The summed E-state index contributed by atoms with van der Waals surface area (Å²) in [5, 5.41) is 3.57. The molecule has 6 nitrogen and oxygen atoms in total. The summed E-state index contributed by atoms with van der Waals surface area (Å²) in [5.74, 6) is 0.526. The van der Waals surface area contributed by atoms with Gasteiger partial charge >= 0.3 is 6.03 Å². The molecule has 4 aromatic rings. The van der Waals surface area contributed by atoms with Gasteiger partial charge in [0.25, 0.3) is 5.56 Å². The highest BCUT2D eigenvalue weighted by molar-refractivity contribution is 5.90. The zero-order chi connectivity index (χ0) is 23.4. The number of aromatic nitrogens is 2. The SMILES string of the molecule is CCCN(C(=O)Nc1ccccc1C)C(C)c1nc2ccccc2c(=O)n1-c1ccccc1. The van der Waals surface area contributed by atoms with Gasteiger partial charge in [-0.15, -0.1) is 0 Å². The zero-order valence-corrected chi connectivity index (χ0v) is 19.2. The van der Waals surface area contributed by atoms with Crippen LogP contribution >= 0.6 is 0 Å². The summed E-state index contributed by atoms with van der Waals surface area (Å²) < 4.78 is 1.62. The van der Waals surface area contributed by atoms with E-state index >= 15 is 0 Å². The lowest BCUT2D eigenvalue weighted by molar-refractivity contribution is 0.189. The maximum Gasteiger partial charge on any atom is 0.322 e. The Labute approximate surface area is 193 Å². The predicted octanol–water partition coefficient (Wildman–Crippen LogP) is 5.70. The van der Waals surface area contributed by atoms with Crippen LogP contribution < -0.4 is 10.9 Å². The average Bonchev–Trinajstić information content (AvgIpc) is 2.84. The van der Waals surface area contributed by atoms with Gasteiger partial charge in [-0.3, -0.25) is 9.36 Å². The molecule has 4 rings (SSSR count). The number of anilines is 1. The van der Waals surface area contributed by atoms with E-state index in [1.54, 1.807) is 15.5 Å². The zero-order valence-electron chi connectivity index (χ0n) is 19.2. The Hall–Kier alpha value is -3.93. The molecule has 0 saturated heterocycles. The standard InChI is InChI=1S/C27H28N4O2/c1-4-18-30(27(33)29-23-16-10-8-12-19(23)2)20(3)25-28-24-17-11-9-15-22(24)26(32)31(25)21-13-6-5-7-14-21/h5-17,20H,4,18H2,1-3H3,(H,29,33). The number of carbonyl (C=O) groups excluding carboxylic acids is 1. The van der Waals surface area contributed by atoms with E-state index in [9.17, 15) is 9.59 Å². The number of hydrogen-bond donors (Lipinski definition) is 1. The minimum atomic E-state index is -0.438. The van der Waals surface area contributed by atoms with Gasteiger partial charge in [0.1, 0.15) is 5.82 Å². The van der Waals surface area contributed by atoms with Gasteiger partial charge in [0.05, 0.1) is 22.6 Å². The molecule has 1 N–H and O–H groups in total. The van der Waals surface area contributed by atoms with Crippen LogP contribution in [-0.2, 0) is 0 Å². The van der Waals surface area contributed by atoms with E-state index in [0.717, 1.165) is 23.4 Å². The van der Waals surface area contributed by atoms with Crippen molar-refractivity contribution in [3.63, 3.8) is 0 Å². The molecule has 168 valence electrons. The van der Waals surface area contributed by atoms with E-state index in [1.165, 1.54) is 0 Å². The van der Waals surface area contributed by atoms with Crippen LogP contribution in [0.25, 0.3) is 16.6 Å². The van der Waals surface area contributed by atoms with Gasteiger partial charge in [0.15, 0.2) is 0 Å². The number of amides is 2. The number of para-hydroxylation sites is 3. The summed E-state index contributed by atoms with van der Waals surface area (Å²) >= 11 is 0. The van der Waals surface area contributed by atoms with E-state index in [2.05, 4.69) is 5.32 Å². The molecule has 1 atom stereocenters. The number of nitrogens with one attached hydrogen (secondary N) is 1. The molecule has 0 radical (unpaired) electrons. The number of carbonyl (C=O) groups is 1. The Morgan fingerprint density at radius 2 is 1.67 bits per heavy atom. The molecule has 0 aliphatic carbocycles. The molecule has 33 heavy (non-hydrogen) atoms. The third-order valence-electron chi connectivity index (χ3n) is 5.77. The van der Waals surface area contributed by atoms with Crippen molar-refractivity contribution in [3.8, 4) is 5.69 Å². The molecule has 0 saturated carbocycles. The van der Waals surface area contributed by atoms with Crippen molar-refractivity contribution in [1.82, 2.24) is 14.5 Å². The Bertz CT molecular complexity index is 1330. The van der Waals surface area contributed by atoms with E-state index in [4.69, 9.17) is 4.98 Å². The van der Waals surface area contributed by atoms with Crippen LogP contribution in [0.3, 0.4) is 0 Å². The largest absolute Gasteiger partial charge is 0.322 e. The fraction of sp³-hybridized carbons (Fsp3) is 0.222. The molecule has 3 aromatic carbocycles. The number of fused-ring (bicyclic) bond motifs is 1. The van der Waals surface area contributed by atoms with Crippen LogP contribution in [0, 0.1) is 6.92 Å². The summed E-state index contributed by atoms with van der Waals surface area (Å²) in [7, 11) is 0. The van der Waals surface area contributed by atoms with Crippen LogP contribution in [0.5, 0.6) is 0 Å². The molecular formula is C27H28N4O2. The van der Waals surface area contributed by atoms with Crippen LogP contribution in [-0.4, -0.2) is 27.0 Å². The van der Waals surface area contributed by atoms with Gasteiger partial charge in [-0.05, 0) is 56.2 Å². The van der Waals surface area contributed by atoms with Crippen molar-refractivity contribution in [1.29, 1.82) is 0 Å². The van der Waals surface area contributed by atoms with Gasteiger partial charge in [0, 0.05) is 12.2 Å². The highest BCUT2D eigenvalue weighted by Crippen LogP contribution is 2.24. The lowest BCUT2D eigenvalue weighted by atomic mass is 10.1. The molecule has 0 aliphatic rings. The second kappa shape index (κ2) is 9.69. The summed E-state index contributed by atoms with van der Waals surface area (Å²) in [6.07, 6.45) is 0.773. The van der Waals surface area contributed by atoms with E-state index in [-0.39, 0.29) is 11.6 Å². The molecule has 2 amide bonds. The van der Waals surface area contributed by atoms with Gasteiger partial charge in [-0.25, -0.2) is 9.78 Å². The Kier molecular flexibility index (Phi) is 6.54. The summed E-state index contributed by atoms with van der Waals surface area (Å²) in [4.78, 5) is 33.5. The fourth-order valence-corrected chi connectivity index (χ4v) is 4.01. The maximum atomic E-state index is 13.5. The number of urea groups is 1. The quantitative estimate of drug-likeness (QED) is 0.418. The van der Waals surface area contributed by atoms with Crippen LogP contribution in [0.15, 0.2) is 83.7 Å². The summed E-state index contributed by atoms with van der Waals surface area (Å²) in [5.41, 5.74) is 2.94.